The number of amides is 1. The van der Waals surface area contributed by atoms with Crippen molar-refractivity contribution in [3.8, 4) is 11.1 Å². The lowest BCUT2D eigenvalue weighted by Crippen LogP contribution is -2.35. The van der Waals surface area contributed by atoms with Gasteiger partial charge in [-0.05, 0) is 35.1 Å². The summed E-state index contributed by atoms with van der Waals surface area (Å²) in [5.74, 6) is 0.0342. The van der Waals surface area contributed by atoms with E-state index in [9.17, 15) is 9.59 Å². The van der Waals surface area contributed by atoms with Gasteiger partial charge < -0.3 is 4.74 Å². The summed E-state index contributed by atoms with van der Waals surface area (Å²) in [5, 5.41) is 0. The fraction of sp³-hybridized carbons (Fsp3) is 0.300. The topological polar surface area (TPSA) is 59.0 Å². The van der Waals surface area contributed by atoms with Gasteiger partial charge in [0.2, 0.25) is 6.08 Å². The number of ether oxygens (including phenoxy) is 1. The van der Waals surface area contributed by atoms with E-state index in [2.05, 4.69) is 29.3 Å². The van der Waals surface area contributed by atoms with Crippen molar-refractivity contribution in [2.75, 3.05) is 13.2 Å². The van der Waals surface area contributed by atoms with Gasteiger partial charge in [0, 0.05) is 12.5 Å². The molecule has 1 aliphatic carbocycles. The minimum atomic E-state index is -0.437. The first-order chi connectivity index (χ1) is 12.3. The molecule has 126 valence electrons. The summed E-state index contributed by atoms with van der Waals surface area (Å²) in [5.41, 5.74) is 4.76. The van der Waals surface area contributed by atoms with Crippen LogP contribution in [0.4, 0.5) is 4.79 Å². The van der Waals surface area contributed by atoms with Crippen LogP contribution in [0.3, 0.4) is 0 Å². The number of aliphatic imine (C=N–C) groups is 1. The summed E-state index contributed by atoms with van der Waals surface area (Å²) in [7, 11) is 0. The highest BCUT2D eigenvalue weighted by Gasteiger charge is 2.32. The molecule has 0 N–H and O–H groups in total. The molecule has 4 rings (SSSR count). The molecule has 0 unspecified atom stereocenters. The number of hydrogen-bond donors (Lipinski definition) is 0. The van der Waals surface area contributed by atoms with Crippen LogP contribution >= 0.6 is 0 Å². The van der Waals surface area contributed by atoms with Crippen LogP contribution in [0.15, 0.2) is 53.5 Å². The smallest absolute Gasteiger partial charge is 0.411 e. The largest absolute Gasteiger partial charge is 0.448 e. The van der Waals surface area contributed by atoms with Crippen LogP contribution in [0.1, 0.15) is 29.9 Å². The Morgan fingerprint density at radius 3 is 2.40 bits per heavy atom. The number of isocyanates is 1. The third kappa shape index (κ3) is 2.73. The maximum Gasteiger partial charge on any atom is 0.411 e. The Bertz CT molecular complexity index is 812. The van der Waals surface area contributed by atoms with Gasteiger partial charge in [-0.25, -0.2) is 9.59 Å². The van der Waals surface area contributed by atoms with Crippen molar-refractivity contribution < 1.29 is 14.3 Å². The lowest BCUT2D eigenvalue weighted by molar-refractivity contribution is 0.0968. The van der Waals surface area contributed by atoms with Gasteiger partial charge in [-0.3, -0.25) is 4.90 Å². The summed E-state index contributed by atoms with van der Waals surface area (Å²) < 4.78 is 5.60. The van der Waals surface area contributed by atoms with E-state index in [0.29, 0.717) is 13.0 Å². The number of benzene rings is 2. The van der Waals surface area contributed by atoms with E-state index >= 15 is 0 Å². The van der Waals surface area contributed by atoms with Crippen LogP contribution in [0.2, 0.25) is 0 Å². The second kappa shape index (κ2) is 6.54. The molecule has 1 aliphatic heterocycles. The number of carbonyl (C=O) groups excluding carboxylic acids is 2. The molecule has 1 fully saturated rings. The number of nitrogens with zero attached hydrogens (tertiary/aromatic N) is 2. The van der Waals surface area contributed by atoms with Crippen LogP contribution in [0.5, 0.6) is 0 Å². The molecular weight excluding hydrogens is 316 g/mol. The Morgan fingerprint density at radius 2 is 1.76 bits per heavy atom. The Morgan fingerprint density at radius 1 is 1.12 bits per heavy atom. The van der Waals surface area contributed by atoms with Crippen molar-refractivity contribution in [2.24, 2.45) is 4.99 Å². The SMILES string of the molecule is O=C=N[C@@H]1CCCN1C(=O)OCC1c2ccccc2-c2ccccc21. The van der Waals surface area contributed by atoms with E-state index in [1.54, 1.807) is 6.08 Å². The first-order valence-electron chi connectivity index (χ1n) is 8.48. The maximum absolute atomic E-state index is 12.4. The predicted molar refractivity (Wildman–Crippen MR) is 92.9 cm³/mol. The van der Waals surface area contributed by atoms with E-state index in [-0.39, 0.29) is 12.5 Å². The predicted octanol–water partition coefficient (Wildman–Crippen LogP) is 3.69. The van der Waals surface area contributed by atoms with E-state index < -0.39 is 12.3 Å². The molecule has 5 heteroatoms. The van der Waals surface area contributed by atoms with Crippen LogP contribution < -0.4 is 0 Å². The molecule has 2 aromatic rings. The van der Waals surface area contributed by atoms with Crippen molar-refractivity contribution in [1.29, 1.82) is 0 Å². The Hall–Kier alpha value is -2.91. The quantitative estimate of drug-likeness (QED) is 0.635. The van der Waals surface area contributed by atoms with Crippen molar-refractivity contribution in [1.82, 2.24) is 4.90 Å². The highest BCUT2D eigenvalue weighted by Crippen LogP contribution is 2.44. The summed E-state index contributed by atoms with van der Waals surface area (Å²) in [4.78, 5) is 28.1. The molecular formula is C20H18N2O3. The fourth-order valence-electron chi connectivity index (χ4n) is 3.83. The molecule has 1 atom stereocenters. The summed E-state index contributed by atoms with van der Waals surface area (Å²) >= 11 is 0. The zero-order chi connectivity index (χ0) is 17.2. The van der Waals surface area contributed by atoms with Gasteiger partial charge in [0.25, 0.3) is 0 Å². The van der Waals surface area contributed by atoms with E-state index in [0.717, 1.165) is 6.42 Å². The van der Waals surface area contributed by atoms with Gasteiger partial charge in [-0.15, -0.1) is 0 Å². The number of fused-ring (bicyclic) bond motifs is 3. The third-order valence-corrected chi connectivity index (χ3v) is 4.99. The standard InChI is InChI=1S/C20H18N2O3/c23-13-21-19-10-5-11-22(19)20(24)25-12-18-16-8-3-1-6-14(16)15-7-2-4-9-17(15)18/h1-4,6-9,18-19H,5,10-12H2/t19-/m0/s1. The molecule has 2 aliphatic rings. The maximum atomic E-state index is 12.4. The van der Waals surface area contributed by atoms with E-state index in [1.165, 1.54) is 27.2 Å². The van der Waals surface area contributed by atoms with Crippen LogP contribution in [0.25, 0.3) is 11.1 Å². The van der Waals surface area contributed by atoms with Gasteiger partial charge in [0.1, 0.15) is 12.8 Å². The first-order valence-corrected chi connectivity index (χ1v) is 8.48. The van der Waals surface area contributed by atoms with Gasteiger partial charge >= 0.3 is 6.09 Å². The molecule has 0 radical (unpaired) electrons. The minimum absolute atomic E-state index is 0.0342. The van der Waals surface area contributed by atoms with Crippen LogP contribution in [-0.4, -0.2) is 36.4 Å². The molecule has 0 spiro atoms. The molecule has 25 heavy (non-hydrogen) atoms. The number of rotatable bonds is 3. The van der Waals surface area contributed by atoms with Gasteiger partial charge in [0.15, 0.2) is 0 Å². The van der Waals surface area contributed by atoms with Crippen molar-refractivity contribution >= 4 is 12.2 Å². The zero-order valence-corrected chi connectivity index (χ0v) is 13.7. The molecule has 1 amide bonds. The van der Waals surface area contributed by atoms with Gasteiger partial charge in [-0.1, -0.05) is 48.5 Å². The lowest BCUT2D eigenvalue weighted by atomic mass is 9.98. The number of likely N-dealkylation sites (tertiary alicyclic amines) is 1. The van der Waals surface area contributed by atoms with Gasteiger partial charge in [0.05, 0.1) is 0 Å². The molecule has 1 heterocycles. The van der Waals surface area contributed by atoms with Crippen molar-refractivity contribution in [3.05, 3.63) is 59.7 Å². The van der Waals surface area contributed by atoms with Crippen molar-refractivity contribution in [3.63, 3.8) is 0 Å². The van der Waals surface area contributed by atoms with Crippen LogP contribution in [0, 0.1) is 0 Å². The van der Waals surface area contributed by atoms with E-state index in [1.807, 2.05) is 24.3 Å². The number of hydrogen-bond acceptors (Lipinski definition) is 4. The zero-order valence-electron chi connectivity index (χ0n) is 13.7. The average molecular weight is 334 g/mol. The molecule has 2 aromatic carbocycles. The Balaban J connectivity index is 1.53. The minimum Gasteiger partial charge on any atom is -0.448 e. The average Bonchev–Trinajstić information content (AvgIpc) is 3.23. The second-order valence-corrected chi connectivity index (χ2v) is 6.34. The molecule has 5 nitrogen and oxygen atoms in total. The highest BCUT2D eigenvalue weighted by molar-refractivity contribution is 5.79. The van der Waals surface area contributed by atoms with Crippen molar-refractivity contribution in [2.45, 2.75) is 24.9 Å². The molecule has 0 aromatic heterocycles. The highest BCUT2D eigenvalue weighted by atomic mass is 16.6. The van der Waals surface area contributed by atoms with Gasteiger partial charge in [-0.2, -0.15) is 4.99 Å². The Kier molecular flexibility index (Phi) is 4.08. The van der Waals surface area contributed by atoms with E-state index in [4.69, 9.17) is 4.74 Å². The molecule has 1 saturated heterocycles. The molecule has 0 bridgehead atoms. The monoisotopic (exact) mass is 334 g/mol. The normalized spacial score (nSPS) is 18.4. The summed E-state index contributed by atoms with van der Waals surface area (Å²) in [6, 6.07) is 16.4. The first kappa shape index (κ1) is 15.6. The lowest BCUT2D eigenvalue weighted by Gasteiger charge is -2.21. The van der Waals surface area contributed by atoms with Crippen LogP contribution in [-0.2, 0) is 9.53 Å². The second-order valence-electron chi connectivity index (χ2n) is 6.34. The fourth-order valence-corrected chi connectivity index (χ4v) is 3.83. The summed E-state index contributed by atoms with van der Waals surface area (Å²) in [6.45, 7) is 0.841. The summed E-state index contributed by atoms with van der Waals surface area (Å²) in [6.07, 6.45) is 2.19. The third-order valence-electron chi connectivity index (χ3n) is 4.99. The molecule has 0 saturated carbocycles. The Labute approximate surface area is 145 Å². The number of carbonyl (C=O) groups is 1.